The summed E-state index contributed by atoms with van der Waals surface area (Å²) in [4.78, 5) is 11.4. The van der Waals surface area contributed by atoms with E-state index in [1.54, 1.807) is 15.4 Å². The smallest absolute Gasteiger partial charge is 0.260 e. The van der Waals surface area contributed by atoms with Crippen molar-refractivity contribution in [1.82, 2.24) is 3.96 Å². The third kappa shape index (κ3) is 3.79. The molecule has 0 N–H and O–H groups in total. The quantitative estimate of drug-likeness (QED) is 0.726. The van der Waals surface area contributed by atoms with Crippen LogP contribution >= 0.6 is 34.7 Å². The van der Waals surface area contributed by atoms with E-state index in [1.165, 1.54) is 11.5 Å². The summed E-state index contributed by atoms with van der Waals surface area (Å²) in [7, 11) is 0. The summed E-state index contributed by atoms with van der Waals surface area (Å²) in [5.74, 6) is 0. The van der Waals surface area contributed by atoms with Crippen LogP contribution in [-0.2, 0) is 0 Å². The summed E-state index contributed by atoms with van der Waals surface area (Å²) < 4.78 is 1.74. The van der Waals surface area contributed by atoms with Gasteiger partial charge in [-0.2, -0.15) is 0 Å². The Morgan fingerprint density at radius 1 is 1.44 bits per heavy atom. The van der Waals surface area contributed by atoms with Gasteiger partial charge in [0, 0.05) is 22.9 Å². The molecule has 0 aromatic carbocycles. The number of hydrogen-bond acceptors (Lipinski definition) is 2. The van der Waals surface area contributed by atoms with Crippen molar-refractivity contribution in [3.63, 3.8) is 0 Å². The molecule has 0 saturated heterocycles. The molecule has 3 unspecified atom stereocenters. The molecule has 0 fully saturated rings. The fraction of sp³-hybridized carbons (Fsp3) is 0.727. The second-order valence-electron chi connectivity index (χ2n) is 3.98. The van der Waals surface area contributed by atoms with Gasteiger partial charge in [0.2, 0.25) is 0 Å². The van der Waals surface area contributed by atoms with Crippen LogP contribution < -0.4 is 5.56 Å². The summed E-state index contributed by atoms with van der Waals surface area (Å²) in [5.41, 5.74) is 0.0444. The van der Waals surface area contributed by atoms with Crippen LogP contribution in [0.3, 0.4) is 0 Å². The Bertz CT molecular complexity index is 363. The van der Waals surface area contributed by atoms with Gasteiger partial charge >= 0.3 is 0 Å². The molecule has 0 aliphatic carbocycles. The molecule has 0 bridgehead atoms. The van der Waals surface area contributed by atoms with Crippen LogP contribution in [-0.4, -0.2) is 14.7 Å². The average molecular weight is 282 g/mol. The van der Waals surface area contributed by atoms with E-state index in [0.717, 1.165) is 19.3 Å². The monoisotopic (exact) mass is 281 g/mol. The highest BCUT2D eigenvalue weighted by Crippen LogP contribution is 2.24. The van der Waals surface area contributed by atoms with Crippen molar-refractivity contribution in [3.05, 3.63) is 21.8 Å². The van der Waals surface area contributed by atoms with Gasteiger partial charge in [-0.1, -0.05) is 24.9 Å². The molecule has 0 aliphatic heterocycles. The molecule has 0 amide bonds. The minimum atomic E-state index is -0.0781. The molecule has 1 heterocycles. The second-order valence-corrected chi connectivity index (χ2v) is 5.98. The highest BCUT2D eigenvalue weighted by atomic mass is 35.5. The first-order valence-corrected chi connectivity index (χ1v) is 7.21. The fourth-order valence-corrected chi connectivity index (χ4v) is 3.10. The first-order chi connectivity index (χ1) is 7.56. The van der Waals surface area contributed by atoms with E-state index >= 15 is 0 Å². The number of rotatable bonds is 6. The summed E-state index contributed by atoms with van der Waals surface area (Å²) in [6, 6.07) is 1.70. The maximum Gasteiger partial charge on any atom is 0.260 e. The predicted molar refractivity (Wildman–Crippen MR) is 72.1 cm³/mol. The summed E-state index contributed by atoms with van der Waals surface area (Å²) >= 11 is 13.8. The number of hydrogen-bond donors (Lipinski definition) is 0. The molecule has 1 rings (SSSR count). The van der Waals surface area contributed by atoms with Crippen molar-refractivity contribution in [2.75, 3.05) is 0 Å². The van der Waals surface area contributed by atoms with E-state index in [1.807, 2.05) is 6.92 Å². The Labute approximate surface area is 110 Å². The van der Waals surface area contributed by atoms with Gasteiger partial charge in [0.15, 0.2) is 0 Å². The standard InChI is InChI=1S/C11H17Cl2NOS/c1-3-4-9(12)10(13)7-8(2)14-11(15)5-6-16-14/h5-6,8-10H,3-4,7H2,1-2H3. The zero-order valence-electron chi connectivity index (χ0n) is 9.53. The molecule has 16 heavy (non-hydrogen) atoms. The molecule has 0 aliphatic rings. The minimum absolute atomic E-state index is 0.00946. The Morgan fingerprint density at radius 2 is 2.12 bits per heavy atom. The number of halogens is 2. The first-order valence-electron chi connectivity index (χ1n) is 5.51. The first kappa shape index (κ1) is 14.1. The zero-order chi connectivity index (χ0) is 12.1. The van der Waals surface area contributed by atoms with E-state index in [-0.39, 0.29) is 22.4 Å². The molecule has 1 aromatic heterocycles. The molecule has 3 atom stereocenters. The van der Waals surface area contributed by atoms with Crippen LogP contribution in [0.4, 0.5) is 0 Å². The van der Waals surface area contributed by atoms with E-state index in [4.69, 9.17) is 23.2 Å². The minimum Gasteiger partial charge on any atom is -0.268 e. The second kappa shape index (κ2) is 6.67. The van der Waals surface area contributed by atoms with Crippen LogP contribution in [0.1, 0.15) is 39.2 Å². The highest BCUT2D eigenvalue weighted by molar-refractivity contribution is 7.04. The lowest BCUT2D eigenvalue weighted by molar-refractivity contribution is 0.498. The van der Waals surface area contributed by atoms with E-state index < -0.39 is 0 Å². The summed E-state index contributed by atoms with van der Waals surface area (Å²) in [6.45, 7) is 4.09. The third-order valence-electron chi connectivity index (χ3n) is 2.53. The SMILES string of the molecule is CCCC(Cl)C(Cl)CC(C)n1sccc1=O. The Balaban J connectivity index is 2.54. The Morgan fingerprint density at radius 3 is 2.62 bits per heavy atom. The molecule has 5 heteroatoms. The molecule has 0 radical (unpaired) electrons. The van der Waals surface area contributed by atoms with E-state index in [0.29, 0.717) is 0 Å². The average Bonchev–Trinajstić information content (AvgIpc) is 2.64. The zero-order valence-corrected chi connectivity index (χ0v) is 11.9. The van der Waals surface area contributed by atoms with Crippen LogP contribution in [0, 0.1) is 0 Å². The van der Waals surface area contributed by atoms with Crippen LogP contribution in [0.5, 0.6) is 0 Å². The maximum absolute atomic E-state index is 11.4. The lowest BCUT2D eigenvalue weighted by Crippen LogP contribution is -2.23. The van der Waals surface area contributed by atoms with Gasteiger partial charge in [-0.05, 0) is 19.8 Å². The Hall–Kier alpha value is 0.01000. The van der Waals surface area contributed by atoms with Gasteiger partial charge < -0.3 is 0 Å². The van der Waals surface area contributed by atoms with Gasteiger partial charge in [0.25, 0.3) is 5.56 Å². The fourth-order valence-electron chi connectivity index (χ4n) is 1.63. The maximum atomic E-state index is 11.4. The molecule has 0 saturated carbocycles. The van der Waals surface area contributed by atoms with Gasteiger partial charge in [-0.3, -0.25) is 8.75 Å². The van der Waals surface area contributed by atoms with Gasteiger partial charge in [0.1, 0.15) is 0 Å². The van der Waals surface area contributed by atoms with Crippen molar-refractivity contribution in [2.45, 2.75) is 49.9 Å². The van der Waals surface area contributed by atoms with Crippen molar-refractivity contribution in [3.8, 4) is 0 Å². The number of alkyl halides is 2. The van der Waals surface area contributed by atoms with Crippen molar-refractivity contribution in [2.24, 2.45) is 0 Å². The highest BCUT2D eigenvalue weighted by Gasteiger charge is 2.20. The van der Waals surface area contributed by atoms with Crippen LogP contribution in [0.25, 0.3) is 0 Å². The molecular formula is C11H17Cl2NOS. The summed E-state index contributed by atoms with van der Waals surface area (Å²) in [6.07, 6.45) is 2.68. The van der Waals surface area contributed by atoms with E-state index in [2.05, 4.69) is 6.92 Å². The summed E-state index contributed by atoms with van der Waals surface area (Å²) in [5, 5.41) is 1.71. The van der Waals surface area contributed by atoms with Crippen LogP contribution in [0.15, 0.2) is 16.2 Å². The van der Waals surface area contributed by atoms with Crippen molar-refractivity contribution >= 4 is 34.7 Å². The lowest BCUT2D eigenvalue weighted by atomic mass is 10.1. The van der Waals surface area contributed by atoms with E-state index in [9.17, 15) is 4.79 Å². The topological polar surface area (TPSA) is 22.0 Å². The van der Waals surface area contributed by atoms with Crippen molar-refractivity contribution in [1.29, 1.82) is 0 Å². The van der Waals surface area contributed by atoms with Gasteiger partial charge in [-0.25, -0.2) is 0 Å². The molecule has 0 spiro atoms. The number of aromatic nitrogens is 1. The lowest BCUT2D eigenvalue weighted by Gasteiger charge is -2.19. The van der Waals surface area contributed by atoms with Crippen LogP contribution in [0.2, 0.25) is 0 Å². The molecule has 2 nitrogen and oxygen atoms in total. The predicted octanol–water partition coefficient (Wildman–Crippen LogP) is 3.88. The van der Waals surface area contributed by atoms with Gasteiger partial charge in [-0.15, -0.1) is 23.2 Å². The molecule has 1 aromatic rings. The Kier molecular flexibility index (Phi) is 5.87. The van der Waals surface area contributed by atoms with Crippen molar-refractivity contribution < 1.29 is 0 Å². The molecular weight excluding hydrogens is 265 g/mol. The number of nitrogens with zero attached hydrogens (tertiary/aromatic N) is 1. The molecule has 92 valence electrons. The van der Waals surface area contributed by atoms with Gasteiger partial charge in [0.05, 0.1) is 5.38 Å². The normalized spacial score (nSPS) is 17.0. The third-order valence-corrected chi connectivity index (χ3v) is 4.68. The largest absolute Gasteiger partial charge is 0.268 e.